The van der Waals surface area contributed by atoms with Crippen molar-refractivity contribution in [2.75, 3.05) is 13.2 Å². The molecule has 0 heterocycles. The molecule has 0 saturated carbocycles. The van der Waals surface area contributed by atoms with Crippen LogP contribution in [-0.2, 0) is 4.79 Å². The van der Waals surface area contributed by atoms with Crippen LogP contribution in [0.15, 0.2) is 0 Å². The molecule has 0 fully saturated rings. The molecular formula is C13H28N2O2. The molecular weight excluding hydrogens is 216 g/mol. The predicted octanol–water partition coefficient (Wildman–Crippen LogP) is 1.14. The molecule has 2 unspecified atom stereocenters. The summed E-state index contributed by atoms with van der Waals surface area (Å²) in [5.41, 5.74) is 0. The number of nitrogens with one attached hydrogen (secondary N) is 2. The molecule has 0 spiro atoms. The van der Waals surface area contributed by atoms with E-state index in [1.165, 1.54) is 0 Å². The zero-order chi connectivity index (χ0) is 13.4. The van der Waals surface area contributed by atoms with Crippen LogP contribution in [-0.4, -0.2) is 36.2 Å². The van der Waals surface area contributed by atoms with Crippen molar-refractivity contribution >= 4 is 5.91 Å². The average molecular weight is 244 g/mol. The summed E-state index contributed by atoms with van der Waals surface area (Å²) in [5, 5.41) is 15.3. The molecule has 0 aliphatic carbocycles. The van der Waals surface area contributed by atoms with Gasteiger partial charge in [-0.1, -0.05) is 27.7 Å². The molecule has 1 amide bonds. The second-order valence-electron chi connectivity index (χ2n) is 5.54. The molecule has 0 saturated heterocycles. The Hall–Kier alpha value is -0.610. The molecule has 4 nitrogen and oxygen atoms in total. The first-order valence-corrected chi connectivity index (χ1v) is 6.51. The Morgan fingerprint density at radius 3 is 2.12 bits per heavy atom. The number of hydrogen-bond donors (Lipinski definition) is 3. The quantitative estimate of drug-likeness (QED) is 0.600. The van der Waals surface area contributed by atoms with E-state index in [1.807, 2.05) is 6.92 Å². The summed E-state index contributed by atoms with van der Waals surface area (Å²) >= 11 is 0. The van der Waals surface area contributed by atoms with Crippen LogP contribution in [0.2, 0.25) is 0 Å². The fourth-order valence-electron chi connectivity index (χ4n) is 1.65. The van der Waals surface area contributed by atoms with Gasteiger partial charge in [0.2, 0.25) is 5.91 Å². The summed E-state index contributed by atoms with van der Waals surface area (Å²) in [7, 11) is 0. The van der Waals surface area contributed by atoms with E-state index < -0.39 is 0 Å². The molecule has 102 valence electrons. The third-order valence-electron chi connectivity index (χ3n) is 2.54. The number of carbonyl (C=O) groups excluding carboxylic acids is 1. The molecule has 0 aromatic carbocycles. The van der Waals surface area contributed by atoms with E-state index >= 15 is 0 Å². The standard InChI is InChI=1S/C13H28N2O2/c1-9(2)6-12(8-16)15-11(5)13(17)14-7-10(3)4/h9-12,15-16H,6-8H2,1-5H3,(H,14,17). The Balaban J connectivity index is 4.03. The van der Waals surface area contributed by atoms with Gasteiger partial charge in [0.1, 0.15) is 0 Å². The van der Waals surface area contributed by atoms with Crippen LogP contribution in [0.4, 0.5) is 0 Å². The van der Waals surface area contributed by atoms with E-state index in [0.29, 0.717) is 18.4 Å². The summed E-state index contributed by atoms with van der Waals surface area (Å²) in [6.07, 6.45) is 0.873. The van der Waals surface area contributed by atoms with Crippen LogP contribution in [0, 0.1) is 11.8 Å². The fraction of sp³-hybridized carbons (Fsp3) is 0.923. The van der Waals surface area contributed by atoms with E-state index in [0.717, 1.165) is 6.42 Å². The highest BCUT2D eigenvalue weighted by atomic mass is 16.3. The topological polar surface area (TPSA) is 61.4 Å². The second kappa shape index (κ2) is 8.48. The van der Waals surface area contributed by atoms with Crippen LogP contribution in [0.25, 0.3) is 0 Å². The largest absolute Gasteiger partial charge is 0.395 e. The van der Waals surface area contributed by atoms with Crippen molar-refractivity contribution in [3.8, 4) is 0 Å². The van der Waals surface area contributed by atoms with Crippen molar-refractivity contribution in [3.63, 3.8) is 0 Å². The van der Waals surface area contributed by atoms with Gasteiger partial charge in [-0.15, -0.1) is 0 Å². The van der Waals surface area contributed by atoms with Crippen LogP contribution >= 0.6 is 0 Å². The first kappa shape index (κ1) is 16.4. The normalized spacial score (nSPS) is 15.1. The Labute approximate surface area is 105 Å². The molecule has 0 aliphatic rings. The third-order valence-corrected chi connectivity index (χ3v) is 2.54. The minimum absolute atomic E-state index is 0.000839. The highest BCUT2D eigenvalue weighted by Gasteiger charge is 2.17. The van der Waals surface area contributed by atoms with Gasteiger partial charge in [0.25, 0.3) is 0 Å². The molecule has 0 rings (SSSR count). The van der Waals surface area contributed by atoms with E-state index in [1.54, 1.807) is 0 Å². The molecule has 0 aromatic rings. The molecule has 0 radical (unpaired) electrons. The average Bonchev–Trinajstić information content (AvgIpc) is 2.23. The summed E-state index contributed by atoms with van der Waals surface area (Å²) in [5.74, 6) is 0.960. The predicted molar refractivity (Wildman–Crippen MR) is 70.8 cm³/mol. The van der Waals surface area contributed by atoms with Crippen molar-refractivity contribution < 1.29 is 9.90 Å². The van der Waals surface area contributed by atoms with Crippen LogP contribution < -0.4 is 10.6 Å². The lowest BCUT2D eigenvalue weighted by Gasteiger charge is -2.23. The van der Waals surface area contributed by atoms with Gasteiger partial charge in [0.05, 0.1) is 12.6 Å². The van der Waals surface area contributed by atoms with Gasteiger partial charge in [-0.25, -0.2) is 0 Å². The molecule has 17 heavy (non-hydrogen) atoms. The highest BCUT2D eigenvalue weighted by Crippen LogP contribution is 2.05. The number of aliphatic hydroxyl groups is 1. The maximum Gasteiger partial charge on any atom is 0.236 e. The van der Waals surface area contributed by atoms with Gasteiger partial charge < -0.3 is 15.7 Å². The number of hydrogen-bond acceptors (Lipinski definition) is 3. The maximum absolute atomic E-state index is 11.7. The van der Waals surface area contributed by atoms with Gasteiger partial charge >= 0.3 is 0 Å². The van der Waals surface area contributed by atoms with Crippen molar-refractivity contribution in [2.24, 2.45) is 11.8 Å². The first-order chi connectivity index (χ1) is 7.86. The monoisotopic (exact) mass is 244 g/mol. The van der Waals surface area contributed by atoms with Gasteiger partial charge in [0.15, 0.2) is 0 Å². The minimum Gasteiger partial charge on any atom is -0.395 e. The van der Waals surface area contributed by atoms with Crippen molar-refractivity contribution in [1.82, 2.24) is 10.6 Å². The molecule has 0 aromatic heterocycles. The Kier molecular flexibility index (Phi) is 8.17. The molecule has 0 bridgehead atoms. The van der Waals surface area contributed by atoms with Crippen molar-refractivity contribution in [3.05, 3.63) is 0 Å². The Morgan fingerprint density at radius 1 is 1.12 bits per heavy atom. The van der Waals surface area contributed by atoms with Crippen LogP contribution in [0.1, 0.15) is 41.0 Å². The maximum atomic E-state index is 11.7. The van der Waals surface area contributed by atoms with Crippen molar-refractivity contribution in [2.45, 2.75) is 53.1 Å². The van der Waals surface area contributed by atoms with E-state index in [-0.39, 0.29) is 24.6 Å². The fourth-order valence-corrected chi connectivity index (χ4v) is 1.65. The van der Waals surface area contributed by atoms with Gasteiger partial charge in [-0.3, -0.25) is 4.79 Å². The van der Waals surface area contributed by atoms with Gasteiger partial charge in [0, 0.05) is 12.6 Å². The van der Waals surface area contributed by atoms with E-state index in [2.05, 4.69) is 38.3 Å². The van der Waals surface area contributed by atoms with Crippen LogP contribution in [0.3, 0.4) is 0 Å². The van der Waals surface area contributed by atoms with Crippen molar-refractivity contribution in [1.29, 1.82) is 0 Å². The molecule has 4 heteroatoms. The third kappa shape index (κ3) is 8.16. The molecule has 2 atom stereocenters. The Bertz CT molecular complexity index is 217. The summed E-state index contributed by atoms with van der Waals surface area (Å²) in [6.45, 7) is 10.9. The lowest BCUT2D eigenvalue weighted by atomic mass is 10.0. The Morgan fingerprint density at radius 2 is 1.71 bits per heavy atom. The van der Waals surface area contributed by atoms with Gasteiger partial charge in [-0.2, -0.15) is 0 Å². The zero-order valence-electron chi connectivity index (χ0n) is 11.8. The lowest BCUT2D eigenvalue weighted by Crippen LogP contribution is -2.48. The molecule has 3 N–H and O–H groups in total. The number of rotatable bonds is 8. The lowest BCUT2D eigenvalue weighted by molar-refractivity contribution is -0.123. The van der Waals surface area contributed by atoms with E-state index in [9.17, 15) is 9.90 Å². The smallest absolute Gasteiger partial charge is 0.236 e. The second-order valence-corrected chi connectivity index (χ2v) is 5.54. The van der Waals surface area contributed by atoms with E-state index in [4.69, 9.17) is 0 Å². The minimum atomic E-state index is -0.260. The highest BCUT2D eigenvalue weighted by molar-refractivity contribution is 5.81. The zero-order valence-corrected chi connectivity index (χ0v) is 11.8. The summed E-state index contributed by atoms with van der Waals surface area (Å²) in [4.78, 5) is 11.7. The van der Waals surface area contributed by atoms with Gasteiger partial charge in [-0.05, 0) is 25.2 Å². The summed E-state index contributed by atoms with van der Waals surface area (Å²) in [6, 6.07) is -0.264. The summed E-state index contributed by atoms with van der Waals surface area (Å²) < 4.78 is 0. The number of aliphatic hydroxyl groups excluding tert-OH is 1. The molecule has 0 aliphatic heterocycles. The van der Waals surface area contributed by atoms with Crippen LogP contribution in [0.5, 0.6) is 0 Å². The number of carbonyl (C=O) groups is 1. The first-order valence-electron chi connectivity index (χ1n) is 6.51. The number of amides is 1. The SMILES string of the molecule is CC(C)CNC(=O)C(C)NC(CO)CC(C)C.